The number of nitrogens with zero attached hydrogens (tertiary/aromatic N) is 1. The van der Waals surface area contributed by atoms with Crippen LogP contribution in [0.15, 0.2) is 5.38 Å². The predicted molar refractivity (Wildman–Crippen MR) is 77.0 cm³/mol. The van der Waals surface area contributed by atoms with Crippen molar-refractivity contribution in [3.05, 3.63) is 16.1 Å². The average molecular weight is 290 g/mol. The van der Waals surface area contributed by atoms with Gasteiger partial charge in [0.15, 0.2) is 0 Å². The second-order valence-corrected chi connectivity index (χ2v) is 7.82. The largest absolute Gasteiger partial charge is 0.314 e. The highest BCUT2D eigenvalue weighted by atomic mass is 32.2. The summed E-state index contributed by atoms with van der Waals surface area (Å²) >= 11 is 1.67. The monoisotopic (exact) mass is 290 g/mol. The van der Waals surface area contributed by atoms with E-state index in [1.807, 2.05) is 6.92 Å². The predicted octanol–water partition coefficient (Wildman–Crippen LogP) is 1.80. The Labute approximate surface area is 114 Å². The van der Waals surface area contributed by atoms with Crippen LogP contribution in [-0.4, -0.2) is 38.0 Å². The summed E-state index contributed by atoms with van der Waals surface area (Å²) in [5.41, 5.74) is 1.06. The van der Waals surface area contributed by atoms with Crippen LogP contribution in [0.2, 0.25) is 0 Å². The molecule has 1 aromatic heterocycles. The minimum Gasteiger partial charge on any atom is -0.314 e. The molecule has 1 unspecified atom stereocenters. The lowest BCUT2D eigenvalue weighted by Gasteiger charge is -2.16. The molecular formula is C12H22N2O2S2. The van der Waals surface area contributed by atoms with Gasteiger partial charge >= 0.3 is 0 Å². The van der Waals surface area contributed by atoms with Crippen LogP contribution < -0.4 is 5.32 Å². The van der Waals surface area contributed by atoms with Gasteiger partial charge in [-0.15, -0.1) is 11.3 Å². The van der Waals surface area contributed by atoms with Gasteiger partial charge in [-0.1, -0.05) is 6.92 Å². The molecule has 0 aliphatic heterocycles. The molecule has 1 aromatic rings. The smallest absolute Gasteiger partial charge is 0.147 e. The third kappa shape index (κ3) is 6.47. The molecule has 104 valence electrons. The van der Waals surface area contributed by atoms with Gasteiger partial charge in [-0.2, -0.15) is 0 Å². The lowest BCUT2D eigenvalue weighted by Crippen LogP contribution is -2.31. The first-order valence-corrected chi connectivity index (χ1v) is 9.17. The van der Waals surface area contributed by atoms with E-state index in [9.17, 15) is 8.42 Å². The summed E-state index contributed by atoms with van der Waals surface area (Å²) in [6, 6.07) is 0.322. The molecular weight excluding hydrogens is 268 g/mol. The summed E-state index contributed by atoms with van der Waals surface area (Å²) < 4.78 is 22.2. The number of hydrogen-bond acceptors (Lipinski definition) is 5. The Morgan fingerprint density at radius 1 is 1.50 bits per heavy atom. The van der Waals surface area contributed by atoms with Crippen LogP contribution in [0.4, 0.5) is 0 Å². The maximum atomic E-state index is 11.1. The molecule has 6 heteroatoms. The van der Waals surface area contributed by atoms with E-state index >= 15 is 0 Å². The number of likely N-dealkylation sites (N-methyl/N-ethyl adjacent to an activating group) is 1. The number of thiazole rings is 1. The van der Waals surface area contributed by atoms with Gasteiger partial charge in [-0.3, -0.25) is 0 Å². The van der Waals surface area contributed by atoms with Gasteiger partial charge in [-0.05, 0) is 26.3 Å². The third-order valence-electron chi connectivity index (χ3n) is 2.65. The Bertz CT molecular complexity index is 454. The van der Waals surface area contributed by atoms with E-state index < -0.39 is 9.84 Å². The van der Waals surface area contributed by atoms with Gasteiger partial charge in [0.05, 0.1) is 5.01 Å². The molecule has 18 heavy (non-hydrogen) atoms. The van der Waals surface area contributed by atoms with Crippen molar-refractivity contribution in [2.45, 2.75) is 39.2 Å². The first-order valence-electron chi connectivity index (χ1n) is 6.23. The Morgan fingerprint density at radius 3 is 2.72 bits per heavy atom. The molecule has 1 rings (SSSR count). The summed E-state index contributed by atoms with van der Waals surface area (Å²) in [7, 11) is -2.84. The van der Waals surface area contributed by atoms with Crippen LogP contribution in [0.5, 0.6) is 0 Å². The molecule has 0 saturated carbocycles. The SMILES string of the molecule is CCNC(CCCS(C)(=O)=O)Cc1nc(C)cs1. The van der Waals surface area contributed by atoms with Gasteiger partial charge in [0.2, 0.25) is 0 Å². The highest BCUT2D eigenvalue weighted by Gasteiger charge is 2.12. The Hall–Kier alpha value is -0.460. The van der Waals surface area contributed by atoms with Crippen molar-refractivity contribution in [3.63, 3.8) is 0 Å². The molecule has 0 radical (unpaired) electrons. The van der Waals surface area contributed by atoms with E-state index in [4.69, 9.17) is 0 Å². The molecule has 1 N–H and O–H groups in total. The highest BCUT2D eigenvalue weighted by molar-refractivity contribution is 7.90. The van der Waals surface area contributed by atoms with E-state index in [1.54, 1.807) is 11.3 Å². The van der Waals surface area contributed by atoms with E-state index in [-0.39, 0.29) is 5.75 Å². The number of sulfone groups is 1. The summed E-state index contributed by atoms with van der Waals surface area (Å²) in [5.74, 6) is 0.270. The quantitative estimate of drug-likeness (QED) is 0.793. The first-order chi connectivity index (χ1) is 8.40. The molecule has 0 spiro atoms. The van der Waals surface area contributed by atoms with E-state index in [0.717, 1.165) is 30.1 Å². The van der Waals surface area contributed by atoms with Crippen LogP contribution in [0.3, 0.4) is 0 Å². The van der Waals surface area contributed by atoms with E-state index in [1.165, 1.54) is 6.26 Å². The van der Waals surface area contributed by atoms with Crippen LogP contribution >= 0.6 is 11.3 Å². The van der Waals surface area contributed by atoms with Crippen molar-refractivity contribution in [2.24, 2.45) is 0 Å². The second-order valence-electron chi connectivity index (χ2n) is 4.61. The zero-order valence-electron chi connectivity index (χ0n) is 11.3. The number of aromatic nitrogens is 1. The molecule has 1 heterocycles. The van der Waals surface area contributed by atoms with Crippen LogP contribution in [0.25, 0.3) is 0 Å². The molecule has 0 amide bonds. The number of aryl methyl sites for hydroxylation is 1. The first kappa shape index (κ1) is 15.6. The van der Waals surface area contributed by atoms with E-state index in [2.05, 4.69) is 22.6 Å². The molecule has 0 aliphatic rings. The minimum atomic E-state index is -2.84. The fourth-order valence-corrected chi connectivity index (χ4v) is 3.41. The third-order valence-corrected chi connectivity index (χ3v) is 4.67. The summed E-state index contributed by atoms with van der Waals surface area (Å²) in [6.07, 6.45) is 3.76. The minimum absolute atomic E-state index is 0.270. The number of rotatable bonds is 8. The molecule has 0 aliphatic carbocycles. The van der Waals surface area contributed by atoms with Crippen molar-refractivity contribution in [2.75, 3.05) is 18.6 Å². The van der Waals surface area contributed by atoms with Crippen molar-refractivity contribution >= 4 is 21.2 Å². The normalized spacial score (nSPS) is 13.7. The van der Waals surface area contributed by atoms with Gasteiger partial charge < -0.3 is 5.32 Å². The average Bonchev–Trinajstić information content (AvgIpc) is 2.62. The zero-order valence-corrected chi connectivity index (χ0v) is 12.9. The second kappa shape index (κ2) is 7.21. The fourth-order valence-electron chi connectivity index (χ4n) is 1.86. The summed E-state index contributed by atoms with van der Waals surface area (Å²) in [5, 5.41) is 6.57. The molecule has 0 saturated heterocycles. The Kier molecular flexibility index (Phi) is 6.25. The van der Waals surface area contributed by atoms with Crippen molar-refractivity contribution < 1.29 is 8.42 Å². The molecule has 0 aromatic carbocycles. The molecule has 0 fully saturated rings. The Morgan fingerprint density at radius 2 is 2.22 bits per heavy atom. The highest BCUT2D eigenvalue weighted by Crippen LogP contribution is 2.13. The lowest BCUT2D eigenvalue weighted by atomic mass is 10.1. The maximum Gasteiger partial charge on any atom is 0.147 e. The molecule has 1 atom stereocenters. The van der Waals surface area contributed by atoms with Crippen molar-refractivity contribution in [3.8, 4) is 0 Å². The van der Waals surface area contributed by atoms with E-state index in [0.29, 0.717) is 12.5 Å². The number of nitrogens with one attached hydrogen (secondary N) is 1. The van der Waals surface area contributed by atoms with Gasteiger partial charge in [0, 0.05) is 35.5 Å². The van der Waals surface area contributed by atoms with Gasteiger partial charge in [0.25, 0.3) is 0 Å². The number of hydrogen-bond donors (Lipinski definition) is 1. The van der Waals surface area contributed by atoms with Crippen LogP contribution in [-0.2, 0) is 16.3 Å². The molecule has 0 bridgehead atoms. The van der Waals surface area contributed by atoms with Crippen molar-refractivity contribution in [1.29, 1.82) is 0 Å². The van der Waals surface area contributed by atoms with Crippen LogP contribution in [0.1, 0.15) is 30.5 Å². The Balaban J connectivity index is 2.44. The fraction of sp³-hybridized carbons (Fsp3) is 0.750. The zero-order chi connectivity index (χ0) is 13.6. The standard InChI is InChI=1S/C12H22N2O2S2/c1-4-13-11(6-5-7-18(3,15)16)8-12-14-10(2)9-17-12/h9,11,13H,4-8H2,1-3H3. The lowest BCUT2D eigenvalue weighted by molar-refractivity contribution is 0.483. The topological polar surface area (TPSA) is 59.1 Å². The van der Waals surface area contributed by atoms with Gasteiger partial charge in [-0.25, -0.2) is 13.4 Å². The van der Waals surface area contributed by atoms with Crippen LogP contribution in [0, 0.1) is 6.92 Å². The summed E-state index contributed by atoms with van der Waals surface area (Å²) in [4.78, 5) is 4.45. The maximum absolute atomic E-state index is 11.1. The molecule has 4 nitrogen and oxygen atoms in total. The summed E-state index contributed by atoms with van der Waals surface area (Å²) in [6.45, 7) is 4.95. The van der Waals surface area contributed by atoms with Gasteiger partial charge in [0.1, 0.15) is 9.84 Å². The van der Waals surface area contributed by atoms with Crippen molar-refractivity contribution in [1.82, 2.24) is 10.3 Å².